The summed E-state index contributed by atoms with van der Waals surface area (Å²) in [6.07, 6.45) is 1.62. The molecule has 1 N–H and O–H groups in total. The minimum atomic E-state index is -0.378. The molecular formula is C15H21NO3. The lowest BCUT2D eigenvalue weighted by atomic mass is 10.0. The monoisotopic (exact) mass is 263 g/mol. The van der Waals surface area contributed by atoms with E-state index >= 15 is 0 Å². The van der Waals surface area contributed by atoms with Gasteiger partial charge in [-0.25, -0.2) is 0 Å². The van der Waals surface area contributed by atoms with Crippen molar-refractivity contribution in [1.82, 2.24) is 4.90 Å². The van der Waals surface area contributed by atoms with Crippen LogP contribution >= 0.6 is 0 Å². The quantitative estimate of drug-likeness (QED) is 0.899. The van der Waals surface area contributed by atoms with Crippen molar-refractivity contribution in [3.63, 3.8) is 0 Å². The van der Waals surface area contributed by atoms with Gasteiger partial charge in [0.1, 0.15) is 5.75 Å². The molecule has 4 heteroatoms. The van der Waals surface area contributed by atoms with Gasteiger partial charge in [0.15, 0.2) is 0 Å². The number of amides is 1. The van der Waals surface area contributed by atoms with Gasteiger partial charge in [0.05, 0.1) is 19.6 Å². The minimum Gasteiger partial charge on any atom is -0.496 e. The number of hydrogen-bond donors (Lipinski definition) is 1. The van der Waals surface area contributed by atoms with Crippen LogP contribution in [0.15, 0.2) is 18.2 Å². The van der Waals surface area contributed by atoms with Gasteiger partial charge < -0.3 is 14.7 Å². The van der Waals surface area contributed by atoms with Crippen molar-refractivity contribution in [1.29, 1.82) is 0 Å². The second-order valence-corrected chi connectivity index (χ2v) is 5.13. The number of carbonyl (C=O) groups excluding carboxylic acids is 1. The summed E-state index contributed by atoms with van der Waals surface area (Å²) in [4.78, 5) is 14.0. The zero-order chi connectivity index (χ0) is 13.8. The van der Waals surface area contributed by atoms with Crippen LogP contribution in [0.25, 0.3) is 0 Å². The number of piperidine rings is 1. The third-order valence-corrected chi connectivity index (χ3v) is 3.53. The van der Waals surface area contributed by atoms with Crippen LogP contribution in [0, 0.1) is 6.92 Å². The van der Waals surface area contributed by atoms with Gasteiger partial charge >= 0.3 is 0 Å². The Kier molecular flexibility index (Phi) is 4.43. The summed E-state index contributed by atoms with van der Waals surface area (Å²) in [7, 11) is 1.61. The largest absolute Gasteiger partial charge is 0.496 e. The number of β-amino-alcohol motifs (C(OH)–C–C–N with tert-alkyl or cyclic N) is 1. The topological polar surface area (TPSA) is 49.8 Å². The molecule has 1 aliphatic heterocycles. The molecular weight excluding hydrogens is 242 g/mol. The van der Waals surface area contributed by atoms with Crippen LogP contribution < -0.4 is 4.74 Å². The zero-order valence-corrected chi connectivity index (χ0v) is 11.6. The summed E-state index contributed by atoms with van der Waals surface area (Å²) < 4.78 is 5.29. The number of rotatable bonds is 3. The van der Waals surface area contributed by atoms with E-state index in [-0.39, 0.29) is 12.0 Å². The van der Waals surface area contributed by atoms with Gasteiger partial charge in [-0.15, -0.1) is 0 Å². The third-order valence-electron chi connectivity index (χ3n) is 3.53. The van der Waals surface area contributed by atoms with Gasteiger partial charge in [0.2, 0.25) is 5.91 Å². The molecule has 1 atom stereocenters. The van der Waals surface area contributed by atoms with E-state index in [1.54, 1.807) is 12.0 Å². The Morgan fingerprint density at radius 3 is 3.00 bits per heavy atom. The number of nitrogens with zero attached hydrogens (tertiary/aromatic N) is 1. The molecule has 2 rings (SSSR count). The minimum absolute atomic E-state index is 0.0580. The number of ether oxygens (including phenoxy) is 1. The maximum Gasteiger partial charge on any atom is 0.227 e. The molecule has 0 aliphatic carbocycles. The van der Waals surface area contributed by atoms with Crippen LogP contribution in [-0.2, 0) is 11.2 Å². The van der Waals surface area contributed by atoms with Crippen LogP contribution in [-0.4, -0.2) is 42.2 Å². The summed E-state index contributed by atoms with van der Waals surface area (Å²) in [6.45, 7) is 3.19. The number of aryl methyl sites for hydroxylation is 1. The first-order chi connectivity index (χ1) is 9.10. The molecule has 1 fully saturated rings. The molecule has 1 aromatic carbocycles. The lowest BCUT2D eigenvalue weighted by Gasteiger charge is -2.30. The second kappa shape index (κ2) is 6.06. The van der Waals surface area contributed by atoms with Crippen LogP contribution in [0.2, 0.25) is 0 Å². The Balaban J connectivity index is 2.07. The maximum atomic E-state index is 12.3. The average molecular weight is 263 g/mol. The fourth-order valence-electron chi connectivity index (χ4n) is 2.50. The van der Waals surface area contributed by atoms with E-state index in [1.165, 1.54) is 0 Å². The summed E-state index contributed by atoms with van der Waals surface area (Å²) in [5, 5.41) is 9.62. The molecule has 0 bridgehead atoms. The van der Waals surface area contributed by atoms with Crippen molar-refractivity contribution in [3.8, 4) is 5.75 Å². The predicted octanol–water partition coefficient (Wildman–Crippen LogP) is 1.53. The number of carbonyl (C=O) groups is 1. The molecule has 104 valence electrons. The predicted molar refractivity (Wildman–Crippen MR) is 73.3 cm³/mol. The summed E-state index contributed by atoms with van der Waals surface area (Å²) in [5.41, 5.74) is 2.02. The van der Waals surface area contributed by atoms with Crippen LogP contribution in [0.4, 0.5) is 0 Å². The first kappa shape index (κ1) is 13.9. The summed E-state index contributed by atoms with van der Waals surface area (Å²) in [5.74, 6) is 0.805. The van der Waals surface area contributed by atoms with E-state index in [0.29, 0.717) is 13.0 Å². The fraction of sp³-hybridized carbons (Fsp3) is 0.533. The fourth-order valence-corrected chi connectivity index (χ4v) is 2.50. The lowest BCUT2D eigenvalue weighted by Crippen LogP contribution is -2.42. The van der Waals surface area contributed by atoms with Gasteiger partial charge in [-0.05, 0) is 25.8 Å². The molecule has 1 aromatic rings. The van der Waals surface area contributed by atoms with Crippen LogP contribution in [0.1, 0.15) is 24.0 Å². The van der Waals surface area contributed by atoms with E-state index in [9.17, 15) is 9.90 Å². The number of methoxy groups -OCH3 is 1. The Morgan fingerprint density at radius 2 is 2.32 bits per heavy atom. The van der Waals surface area contributed by atoms with Crippen molar-refractivity contribution < 1.29 is 14.6 Å². The Morgan fingerprint density at radius 1 is 1.53 bits per heavy atom. The van der Waals surface area contributed by atoms with E-state index in [0.717, 1.165) is 36.3 Å². The zero-order valence-electron chi connectivity index (χ0n) is 11.6. The van der Waals surface area contributed by atoms with Gasteiger partial charge in [0, 0.05) is 18.7 Å². The van der Waals surface area contributed by atoms with Gasteiger partial charge in [-0.1, -0.05) is 17.7 Å². The summed E-state index contributed by atoms with van der Waals surface area (Å²) in [6, 6.07) is 5.84. The second-order valence-electron chi connectivity index (χ2n) is 5.13. The molecule has 1 heterocycles. The highest BCUT2D eigenvalue weighted by atomic mass is 16.5. The van der Waals surface area contributed by atoms with Crippen LogP contribution in [0.5, 0.6) is 5.75 Å². The average Bonchev–Trinajstić information content (AvgIpc) is 2.39. The highest BCUT2D eigenvalue weighted by Gasteiger charge is 2.22. The molecule has 1 aliphatic rings. The molecule has 19 heavy (non-hydrogen) atoms. The van der Waals surface area contributed by atoms with Gasteiger partial charge in [0.25, 0.3) is 0 Å². The van der Waals surface area contributed by atoms with Crippen molar-refractivity contribution in [2.75, 3.05) is 20.2 Å². The number of aliphatic hydroxyl groups excluding tert-OH is 1. The highest BCUT2D eigenvalue weighted by molar-refractivity contribution is 5.79. The molecule has 1 unspecified atom stereocenters. The van der Waals surface area contributed by atoms with Crippen molar-refractivity contribution in [3.05, 3.63) is 29.3 Å². The molecule has 1 amide bonds. The highest BCUT2D eigenvalue weighted by Crippen LogP contribution is 2.21. The Hall–Kier alpha value is -1.55. The SMILES string of the molecule is COc1ccc(C)cc1CC(=O)N1CCCC(O)C1. The van der Waals surface area contributed by atoms with E-state index in [2.05, 4.69) is 0 Å². The van der Waals surface area contributed by atoms with Crippen LogP contribution in [0.3, 0.4) is 0 Å². The number of benzene rings is 1. The number of hydrogen-bond acceptors (Lipinski definition) is 3. The molecule has 0 radical (unpaired) electrons. The lowest BCUT2D eigenvalue weighted by molar-refractivity contribution is -0.133. The van der Waals surface area contributed by atoms with E-state index in [1.807, 2.05) is 25.1 Å². The molecule has 4 nitrogen and oxygen atoms in total. The molecule has 0 spiro atoms. The van der Waals surface area contributed by atoms with E-state index in [4.69, 9.17) is 4.74 Å². The molecule has 1 saturated heterocycles. The number of likely N-dealkylation sites (tertiary alicyclic amines) is 1. The number of aliphatic hydroxyl groups is 1. The standard InChI is InChI=1S/C15H21NO3/c1-11-5-6-14(19-2)12(8-11)9-15(18)16-7-3-4-13(17)10-16/h5-6,8,13,17H,3-4,7,9-10H2,1-2H3. The first-order valence-electron chi connectivity index (χ1n) is 6.69. The maximum absolute atomic E-state index is 12.3. The normalized spacial score (nSPS) is 19.3. The van der Waals surface area contributed by atoms with Crippen molar-refractivity contribution >= 4 is 5.91 Å². The van der Waals surface area contributed by atoms with Crippen molar-refractivity contribution in [2.24, 2.45) is 0 Å². The molecule has 0 aromatic heterocycles. The smallest absolute Gasteiger partial charge is 0.227 e. The third kappa shape index (κ3) is 3.47. The van der Waals surface area contributed by atoms with Gasteiger partial charge in [-0.3, -0.25) is 4.79 Å². The van der Waals surface area contributed by atoms with Gasteiger partial charge in [-0.2, -0.15) is 0 Å². The summed E-state index contributed by atoms with van der Waals surface area (Å²) >= 11 is 0. The van der Waals surface area contributed by atoms with E-state index < -0.39 is 0 Å². The first-order valence-corrected chi connectivity index (χ1v) is 6.69. The Bertz CT molecular complexity index is 459. The molecule has 0 saturated carbocycles. The Labute approximate surface area is 114 Å². The van der Waals surface area contributed by atoms with Crippen molar-refractivity contribution in [2.45, 2.75) is 32.3 Å².